The van der Waals surface area contributed by atoms with Crippen LogP contribution in [0.5, 0.6) is 0 Å². The number of rotatable bonds is 2. The van der Waals surface area contributed by atoms with Gasteiger partial charge in [-0.05, 0) is 46.8 Å². The van der Waals surface area contributed by atoms with Crippen molar-refractivity contribution < 1.29 is 4.39 Å². The van der Waals surface area contributed by atoms with E-state index in [2.05, 4.69) is 28.2 Å². The molecule has 0 spiro atoms. The quantitative estimate of drug-likeness (QED) is 0.876. The minimum atomic E-state index is -0.368. The predicted octanol–water partition coefficient (Wildman–Crippen LogP) is 4.45. The summed E-state index contributed by atoms with van der Waals surface area (Å²) in [6.45, 7) is 2.24. The third kappa shape index (κ3) is 2.84. The van der Waals surface area contributed by atoms with Crippen LogP contribution in [0.2, 0.25) is 0 Å². The molecule has 96 valence electrons. The Labute approximate surface area is 115 Å². The summed E-state index contributed by atoms with van der Waals surface area (Å²) in [5.74, 6) is 0.327. The molecule has 0 radical (unpaired) electrons. The summed E-state index contributed by atoms with van der Waals surface area (Å²) in [4.78, 5) is 0. The summed E-state index contributed by atoms with van der Waals surface area (Å²) in [5.41, 5.74) is 0.815. The Balaban J connectivity index is 2.15. The zero-order valence-corrected chi connectivity index (χ0v) is 11.9. The largest absolute Gasteiger partial charge is 0.380 e. The third-order valence-electron chi connectivity index (χ3n) is 3.50. The molecule has 1 aromatic rings. The molecule has 1 saturated carbocycles. The van der Waals surface area contributed by atoms with Crippen LogP contribution in [0.15, 0.2) is 16.6 Å². The molecule has 1 fully saturated rings. The highest BCUT2D eigenvalue weighted by Crippen LogP contribution is 2.30. The first kappa shape index (κ1) is 13.4. The van der Waals surface area contributed by atoms with Gasteiger partial charge in [0.25, 0.3) is 0 Å². The lowest BCUT2D eigenvalue weighted by Crippen LogP contribution is -2.26. The number of anilines is 1. The van der Waals surface area contributed by atoms with Crippen molar-refractivity contribution in [3.63, 3.8) is 0 Å². The molecule has 4 heteroatoms. The van der Waals surface area contributed by atoms with Gasteiger partial charge < -0.3 is 5.32 Å². The van der Waals surface area contributed by atoms with E-state index in [0.29, 0.717) is 23.2 Å². The maximum Gasteiger partial charge on any atom is 0.161 e. The molecule has 1 aliphatic rings. The van der Waals surface area contributed by atoms with Crippen LogP contribution in [0, 0.1) is 23.1 Å². The van der Waals surface area contributed by atoms with Crippen LogP contribution in [0.3, 0.4) is 0 Å². The first-order valence-corrected chi connectivity index (χ1v) is 7.05. The molecule has 0 aliphatic heterocycles. The van der Waals surface area contributed by atoms with Crippen molar-refractivity contribution in [1.82, 2.24) is 0 Å². The first-order chi connectivity index (χ1) is 8.61. The Morgan fingerprint density at radius 1 is 1.44 bits per heavy atom. The average Bonchev–Trinajstić information content (AvgIpc) is 2.35. The van der Waals surface area contributed by atoms with Gasteiger partial charge in [0.15, 0.2) is 5.82 Å². The monoisotopic (exact) mass is 310 g/mol. The molecule has 1 aromatic carbocycles. The van der Waals surface area contributed by atoms with E-state index >= 15 is 0 Å². The Hall–Kier alpha value is -1.08. The Kier molecular flexibility index (Phi) is 4.23. The molecule has 2 rings (SSSR count). The lowest BCUT2D eigenvalue weighted by atomic mass is 9.87. The predicted molar refractivity (Wildman–Crippen MR) is 73.9 cm³/mol. The first-order valence-electron chi connectivity index (χ1n) is 6.26. The minimum absolute atomic E-state index is 0.249. The fourth-order valence-corrected chi connectivity index (χ4v) is 2.97. The SMILES string of the molecule is CC1CCCC(Nc2ccc(C#N)c(Br)c2F)C1. The lowest BCUT2D eigenvalue weighted by Gasteiger charge is -2.28. The second kappa shape index (κ2) is 5.71. The van der Waals surface area contributed by atoms with Crippen LogP contribution < -0.4 is 5.32 Å². The van der Waals surface area contributed by atoms with E-state index in [0.717, 1.165) is 12.8 Å². The lowest BCUT2D eigenvalue weighted by molar-refractivity contribution is 0.358. The normalized spacial score (nSPS) is 23.4. The van der Waals surface area contributed by atoms with Gasteiger partial charge in [-0.1, -0.05) is 19.8 Å². The molecule has 0 bridgehead atoms. The van der Waals surface area contributed by atoms with Crippen LogP contribution in [0.1, 0.15) is 38.2 Å². The third-order valence-corrected chi connectivity index (χ3v) is 4.27. The number of hydrogen-bond acceptors (Lipinski definition) is 2. The van der Waals surface area contributed by atoms with E-state index in [1.54, 1.807) is 12.1 Å². The number of nitrogens with one attached hydrogen (secondary N) is 1. The van der Waals surface area contributed by atoms with Crippen LogP contribution in [0.4, 0.5) is 10.1 Å². The van der Waals surface area contributed by atoms with Crippen LogP contribution in [-0.2, 0) is 0 Å². The summed E-state index contributed by atoms with van der Waals surface area (Å²) in [6.07, 6.45) is 4.62. The Morgan fingerprint density at radius 2 is 2.22 bits per heavy atom. The van der Waals surface area contributed by atoms with Crippen molar-refractivity contribution in [2.24, 2.45) is 5.92 Å². The maximum atomic E-state index is 14.0. The molecule has 2 nitrogen and oxygen atoms in total. The topological polar surface area (TPSA) is 35.8 Å². The Morgan fingerprint density at radius 3 is 2.89 bits per heavy atom. The summed E-state index contributed by atoms with van der Waals surface area (Å²) in [6, 6.07) is 5.59. The van der Waals surface area contributed by atoms with Gasteiger partial charge in [0.05, 0.1) is 15.7 Å². The molecule has 0 saturated heterocycles. The van der Waals surface area contributed by atoms with Crippen molar-refractivity contribution in [1.29, 1.82) is 5.26 Å². The van der Waals surface area contributed by atoms with Gasteiger partial charge in [-0.25, -0.2) is 4.39 Å². The van der Waals surface area contributed by atoms with Crippen LogP contribution in [-0.4, -0.2) is 6.04 Å². The van der Waals surface area contributed by atoms with E-state index in [-0.39, 0.29) is 10.3 Å². The van der Waals surface area contributed by atoms with Gasteiger partial charge in [0, 0.05) is 6.04 Å². The summed E-state index contributed by atoms with van der Waals surface area (Å²) < 4.78 is 14.3. The molecular weight excluding hydrogens is 295 g/mol. The molecule has 2 atom stereocenters. The van der Waals surface area contributed by atoms with Gasteiger partial charge in [-0.2, -0.15) is 5.26 Å². The summed E-state index contributed by atoms with van der Waals surface area (Å²) in [5, 5.41) is 12.1. The number of halogens is 2. The standard InChI is InChI=1S/C14H16BrFN2/c1-9-3-2-4-11(7-9)18-12-6-5-10(8-17)13(15)14(12)16/h5-6,9,11,18H,2-4,7H2,1H3. The smallest absolute Gasteiger partial charge is 0.161 e. The van der Waals surface area contributed by atoms with Crippen molar-refractivity contribution in [2.75, 3.05) is 5.32 Å². The molecule has 2 unspecified atom stereocenters. The van der Waals surface area contributed by atoms with Crippen LogP contribution in [0.25, 0.3) is 0 Å². The zero-order chi connectivity index (χ0) is 13.1. The number of nitriles is 1. The van der Waals surface area contributed by atoms with Gasteiger partial charge in [0.2, 0.25) is 0 Å². The number of hydrogen-bond donors (Lipinski definition) is 1. The van der Waals surface area contributed by atoms with E-state index in [1.165, 1.54) is 12.8 Å². The fourth-order valence-electron chi connectivity index (χ4n) is 2.53. The van der Waals surface area contributed by atoms with Crippen molar-refractivity contribution in [2.45, 2.75) is 38.6 Å². The maximum absolute atomic E-state index is 14.0. The zero-order valence-electron chi connectivity index (χ0n) is 10.3. The second-order valence-corrected chi connectivity index (χ2v) is 5.81. The molecule has 1 N–H and O–H groups in total. The highest BCUT2D eigenvalue weighted by Gasteiger charge is 2.20. The van der Waals surface area contributed by atoms with Crippen molar-refractivity contribution in [3.05, 3.63) is 28.0 Å². The average molecular weight is 311 g/mol. The van der Waals surface area contributed by atoms with E-state index < -0.39 is 0 Å². The van der Waals surface area contributed by atoms with Crippen molar-refractivity contribution >= 4 is 21.6 Å². The van der Waals surface area contributed by atoms with Gasteiger partial charge >= 0.3 is 0 Å². The minimum Gasteiger partial charge on any atom is -0.380 e. The summed E-state index contributed by atoms with van der Waals surface area (Å²) in [7, 11) is 0. The van der Waals surface area contributed by atoms with E-state index in [4.69, 9.17) is 5.26 Å². The highest BCUT2D eigenvalue weighted by molar-refractivity contribution is 9.10. The van der Waals surface area contributed by atoms with Crippen molar-refractivity contribution in [3.8, 4) is 6.07 Å². The van der Waals surface area contributed by atoms with Gasteiger partial charge in [-0.15, -0.1) is 0 Å². The van der Waals surface area contributed by atoms with E-state index in [1.807, 2.05) is 6.07 Å². The molecule has 0 amide bonds. The Bertz CT molecular complexity index is 481. The summed E-state index contributed by atoms with van der Waals surface area (Å²) >= 11 is 3.13. The molecule has 0 heterocycles. The van der Waals surface area contributed by atoms with Gasteiger partial charge in [0.1, 0.15) is 6.07 Å². The molecular formula is C14H16BrFN2. The molecule has 18 heavy (non-hydrogen) atoms. The van der Waals surface area contributed by atoms with E-state index in [9.17, 15) is 4.39 Å². The highest BCUT2D eigenvalue weighted by atomic mass is 79.9. The molecule has 0 aromatic heterocycles. The number of benzene rings is 1. The van der Waals surface area contributed by atoms with Crippen LogP contribution >= 0.6 is 15.9 Å². The van der Waals surface area contributed by atoms with Gasteiger partial charge in [-0.3, -0.25) is 0 Å². The molecule has 1 aliphatic carbocycles. The second-order valence-electron chi connectivity index (χ2n) is 5.01. The number of nitrogens with zero attached hydrogens (tertiary/aromatic N) is 1. The fraction of sp³-hybridized carbons (Fsp3) is 0.500.